The number of carbonyl (C=O) groups excluding carboxylic acids is 2. The molecule has 9 heteroatoms. The van der Waals surface area contributed by atoms with E-state index < -0.39 is 5.41 Å². The molecular weight excluding hydrogens is 436 g/mol. The monoisotopic (exact) mass is 458 g/mol. The second-order valence-corrected chi connectivity index (χ2v) is 9.90. The highest BCUT2D eigenvalue weighted by Crippen LogP contribution is 2.38. The van der Waals surface area contributed by atoms with Crippen LogP contribution in [0, 0.1) is 5.41 Å². The van der Waals surface area contributed by atoms with Crippen LogP contribution in [0.4, 0.5) is 10.8 Å². The molecule has 0 aliphatic heterocycles. The van der Waals surface area contributed by atoms with E-state index in [9.17, 15) is 9.59 Å². The van der Waals surface area contributed by atoms with Crippen LogP contribution in [0.3, 0.4) is 0 Å². The lowest BCUT2D eigenvalue weighted by Gasteiger charge is -2.15. The van der Waals surface area contributed by atoms with Crippen LogP contribution in [0.15, 0.2) is 24.3 Å². The van der Waals surface area contributed by atoms with Crippen molar-refractivity contribution in [2.75, 3.05) is 17.7 Å². The first-order valence-electron chi connectivity index (χ1n) is 9.84. The number of anilines is 2. The molecule has 2 amide bonds. The number of halogens is 1. The van der Waals surface area contributed by atoms with Crippen LogP contribution in [-0.4, -0.2) is 28.9 Å². The molecule has 0 unspecified atom stereocenters. The number of carbonyl (C=O) groups is 2. The maximum atomic E-state index is 12.9. The molecule has 0 atom stereocenters. The number of rotatable bonds is 4. The molecule has 0 fully saturated rings. The summed E-state index contributed by atoms with van der Waals surface area (Å²) in [6.07, 6.45) is 1.61. The van der Waals surface area contributed by atoms with Crippen molar-refractivity contribution in [1.29, 1.82) is 0 Å². The van der Waals surface area contributed by atoms with E-state index in [4.69, 9.17) is 16.3 Å². The van der Waals surface area contributed by atoms with E-state index in [1.165, 1.54) is 18.4 Å². The van der Waals surface area contributed by atoms with Crippen LogP contribution in [0.2, 0.25) is 5.02 Å². The van der Waals surface area contributed by atoms with Crippen molar-refractivity contribution < 1.29 is 14.3 Å². The molecule has 3 aromatic rings. The zero-order valence-corrected chi connectivity index (χ0v) is 19.3. The number of benzene rings is 1. The molecule has 3 N–H and O–H groups in total. The normalized spacial score (nSPS) is 12.7. The summed E-state index contributed by atoms with van der Waals surface area (Å²) in [6, 6.07) is 6.89. The second-order valence-electron chi connectivity index (χ2n) is 8.38. The first kappa shape index (κ1) is 21.4. The fourth-order valence-corrected chi connectivity index (χ4v) is 4.43. The number of amides is 2. The molecule has 1 aliphatic rings. The minimum absolute atomic E-state index is 0.0826. The molecule has 0 radical (unpaired) electrons. The highest BCUT2D eigenvalue weighted by atomic mass is 35.5. The molecule has 1 aliphatic carbocycles. The molecule has 0 saturated carbocycles. The summed E-state index contributed by atoms with van der Waals surface area (Å²) >= 11 is 7.53. The highest BCUT2D eigenvalue weighted by Gasteiger charge is 2.27. The number of ether oxygens (including phenoxy) is 1. The van der Waals surface area contributed by atoms with E-state index in [1.807, 2.05) is 26.8 Å². The minimum atomic E-state index is -0.504. The van der Waals surface area contributed by atoms with Crippen molar-refractivity contribution >= 4 is 45.6 Å². The smallest absolute Gasteiger partial charge is 0.272 e. The van der Waals surface area contributed by atoms with Crippen LogP contribution >= 0.6 is 22.9 Å². The summed E-state index contributed by atoms with van der Waals surface area (Å²) in [7, 11) is 1.53. The highest BCUT2D eigenvalue weighted by molar-refractivity contribution is 7.16. The van der Waals surface area contributed by atoms with Gasteiger partial charge in [0.25, 0.3) is 5.91 Å². The van der Waals surface area contributed by atoms with Gasteiger partial charge < -0.3 is 20.4 Å². The molecule has 7 nitrogen and oxygen atoms in total. The Morgan fingerprint density at radius 3 is 2.68 bits per heavy atom. The third kappa shape index (κ3) is 4.31. The number of fused-ring (bicyclic) bond motifs is 3. The molecule has 0 spiro atoms. The topological polar surface area (TPSA) is 96.1 Å². The second kappa shape index (κ2) is 8.01. The predicted octanol–water partition coefficient (Wildman–Crippen LogP) is 5.14. The van der Waals surface area contributed by atoms with E-state index in [0.717, 1.165) is 34.7 Å². The largest absolute Gasteiger partial charge is 0.495 e. The number of hydrogen-bond donors (Lipinski definition) is 3. The first-order valence-corrected chi connectivity index (χ1v) is 11.0. The van der Waals surface area contributed by atoms with Gasteiger partial charge in [-0.1, -0.05) is 32.4 Å². The van der Waals surface area contributed by atoms with E-state index in [1.54, 1.807) is 18.2 Å². The van der Waals surface area contributed by atoms with E-state index in [-0.39, 0.29) is 11.8 Å². The van der Waals surface area contributed by atoms with Gasteiger partial charge in [-0.15, -0.1) is 11.3 Å². The zero-order valence-electron chi connectivity index (χ0n) is 17.7. The predicted molar refractivity (Wildman–Crippen MR) is 123 cm³/mol. The SMILES string of the molecule is COc1ccc(Cl)cc1NC(=O)c1cc2c([nH]1)-c1nc(NC(=O)C(C)(C)C)sc1CC2. The molecule has 31 heavy (non-hydrogen) atoms. The van der Waals surface area contributed by atoms with Gasteiger partial charge in [0, 0.05) is 15.3 Å². The molecule has 1 aromatic carbocycles. The van der Waals surface area contributed by atoms with Gasteiger partial charge in [0.05, 0.1) is 18.5 Å². The van der Waals surface area contributed by atoms with Crippen molar-refractivity contribution in [3.8, 4) is 17.1 Å². The van der Waals surface area contributed by atoms with Gasteiger partial charge in [-0.2, -0.15) is 0 Å². The minimum Gasteiger partial charge on any atom is -0.495 e. The lowest BCUT2D eigenvalue weighted by atomic mass is 9.96. The fourth-order valence-electron chi connectivity index (χ4n) is 3.30. The number of thiazole rings is 1. The van der Waals surface area contributed by atoms with E-state index >= 15 is 0 Å². The number of H-pyrrole nitrogens is 1. The molecule has 4 rings (SSSR count). The van der Waals surface area contributed by atoms with Gasteiger partial charge in [0.1, 0.15) is 17.1 Å². The number of hydrogen-bond acceptors (Lipinski definition) is 5. The third-order valence-corrected chi connectivity index (χ3v) is 6.28. The summed E-state index contributed by atoms with van der Waals surface area (Å²) in [4.78, 5) is 34.1. The van der Waals surface area contributed by atoms with Gasteiger partial charge >= 0.3 is 0 Å². The summed E-state index contributed by atoms with van der Waals surface area (Å²) in [5.41, 5.74) is 3.04. The Morgan fingerprint density at radius 2 is 1.97 bits per heavy atom. The van der Waals surface area contributed by atoms with Crippen molar-refractivity contribution in [1.82, 2.24) is 9.97 Å². The average molecular weight is 459 g/mol. The first-order chi connectivity index (χ1) is 14.7. The summed E-state index contributed by atoms with van der Waals surface area (Å²) in [5.74, 6) is 0.143. The van der Waals surface area contributed by atoms with Gasteiger partial charge in [-0.25, -0.2) is 4.98 Å². The van der Waals surface area contributed by atoms with Crippen molar-refractivity contribution in [3.63, 3.8) is 0 Å². The number of aromatic amines is 1. The zero-order chi connectivity index (χ0) is 22.3. The lowest BCUT2D eigenvalue weighted by molar-refractivity contribution is -0.123. The number of aryl methyl sites for hydroxylation is 2. The van der Waals surface area contributed by atoms with E-state index in [2.05, 4.69) is 20.6 Å². The molecule has 0 saturated heterocycles. The third-order valence-electron chi connectivity index (χ3n) is 5.01. The van der Waals surface area contributed by atoms with Crippen LogP contribution in [0.1, 0.15) is 41.7 Å². The summed E-state index contributed by atoms with van der Waals surface area (Å²) in [5, 5.41) is 6.81. The maximum absolute atomic E-state index is 12.9. The van der Waals surface area contributed by atoms with Crippen LogP contribution in [-0.2, 0) is 17.6 Å². The number of aromatic nitrogens is 2. The fraction of sp³-hybridized carbons (Fsp3) is 0.318. The Balaban J connectivity index is 1.59. The van der Waals surface area contributed by atoms with Crippen LogP contribution in [0.5, 0.6) is 5.75 Å². The van der Waals surface area contributed by atoms with E-state index in [0.29, 0.717) is 27.3 Å². The Hall–Kier alpha value is -2.84. The number of methoxy groups -OCH3 is 1. The molecule has 2 aromatic heterocycles. The van der Waals surface area contributed by atoms with Gasteiger partial charge in [0.15, 0.2) is 5.13 Å². The molecule has 162 valence electrons. The Kier molecular flexibility index (Phi) is 5.53. The van der Waals surface area contributed by atoms with Crippen molar-refractivity contribution in [2.45, 2.75) is 33.6 Å². The lowest BCUT2D eigenvalue weighted by Crippen LogP contribution is -2.27. The summed E-state index contributed by atoms with van der Waals surface area (Å²) in [6.45, 7) is 5.58. The Morgan fingerprint density at radius 1 is 1.19 bits per heavy atom. The molecule has 2 heterocycles. The average Bonchev–Trinajstić information content (AvgIpc) is 3.30. The quantitative estimate of drug-likeness (QED) is 0.504. The van der Waals surface area contributed by atoms with Gasteiger partial charge in [0.2, 0.25) is 5.91 Å². The Labute approximate surface area is 189 Å². The maximum Gasteiger partial charge on any atom is 0.272 e. The number of nitrogens with zero attached hydrogens (tertiary/aromatic N) is 1. The number of nitrogens with one attached hydrogen (secondary N) is 3. The van der Waals surface area contributed by atoms with Gasteiger partial charge in [-0.05, 0) is 42.7 Å². The summed E-state index contributed by atoms with van der Waals surface area (Å²) < 4.78 is 5.30. The van der Waals surface area contributed by atoms with Gasteiger partial charge in [-0.3, -0.25) is 9.59 Å². The Bertz CT molecular complexity index is 1180. The van der Waals surface area contributed by atoms with Crippen LogP contribution in [0.25, 0.3) is 11.4 Å². The van der Waals surface area contributed by atoms with Crippen molar-refractivity contribution in [2.24, 2.45) is 5.41 Å². The molecular formula is C22H23ClN4O3S. The van der Waals surface area contributed by atoms with Crippen molar-refractivity contribution in [3.05, 3.63) is 45.4 Å². The standard InChI is InChI=1S/C22H23ClN4O3S/c1-22(2,3)20(29)27-21-26-18-16(31-21)8-5-11-9-14(24-17(11)18)19(28)25-13-10-12(23)6-7-15(13)30-4/h6-7,9-10,24H,5,8H2,1-4H3,(H,25,28)(H,26,27,29). The van der Waals surface area contributed by atoms with Crippen LogP contribution < -0.4 is 15.4 Å². The molecule has 0 bridgehead atoms.